The lowest BCUT2D eigenvalue weighted by atomic mass is 10.2. The second-order valence-corrected chi connectivity index (χ2v) is 3.93. The highest BCUT2D eigenvalue weighted by molar-refractivity contribution is 5.83. The molecule has 1 unspecified atom stereocenters. The summed E-state index contributed by atoms with van der Waals surface area (Å²) in [5.74, 6) is 2.85. The standard InChI is InChI=1S/C12H20N2O/c1-3-5-6-9-14-10-7-11(12(14)15)13-8-4-2/h1,11,13H,4-10H2,2H3. The highest BCUT2D eigenvalue weighted by atomic mass is 16.2. The van der Waals surface area contributed by atoms with Crippen LogP contribution in [0, 0.1) is 12.3 Å². The monoisotopic (exact) mass is 208 g/mol. The molecule has 3 heteroatoms. The van der Waals surface area contributed by atoms with Crippen LogP contribution in [0.5, 0.6) is 0 Å². The second kappa shape index (κ2) is 6.47. The first-order valence-electron chi connectivity index (χ1n) is 5.75. The number of likely N-dealkylation sites (tertiary alicyclic amines) is 1. The summed E-state index contributed by atoms with van der Waals surface area (Å²) in [7, 11) is 0. The zero-order chi connectivity index (χ0) is 11.1. The normalized spacial score (nSPS) is 20.7. The predicted molar refractivity (Wildman–Crippen MR) is 61.3 cm³/mol. The average Bonchev–Trinajstić information content (AvgIpc) is 2.58. The highest BCUT2D eigenvalue weighted by Crippen LogP contribution is 2.11. The molecule has 3 nitrogen and oxygen atoms in total. The summed E-state index contributed by atoms with van der Waals surface area (Å²) in [5.41, 5.74) is 0. The van der Waals surface area contributed by atoms with Crippen LogP contribution in [-0.4, -0.2) is 36.5 Å². The number of carbonyl (C=O) groups excluding carboxylic acids is 1. The first kappa shape index (κ1) is 12.1. The van der Waals surface area contributed by atoms with Gasteiger partial charge in [-0.1, -0.05) is 6.92 Å². The van der Waals surface area contributed by atoms with Crippen LogP contribution in [0.1, 0.15) is 32.6 Å². The van der Waals surface area contributed by atoms with E-state index >= 15 is 0 Å². The Balaban J connectivity index is 2.26. The zero-order valence-electron chi connectivity index (χ0n) is 9.46. The average molecular weight is 208 g/mol. The van der Waals surface area contributed by atoms with E-state index in [-0.39, 0.29) is 11.9 Å². The molecule has 1 fully saturated rings. The van der Waals surface area contributed by atoms with Gasteiger partial charge in [0.25, 0.3) is 0 Å². The van der Waals surface area contributed by atoms with E-state index < -0.39 is 0 Å². The lowest BCUT2D eigenvalue weighted by Crippen LogP contribution is -2.38. The minimum absolute atomic E-state index is 0.0517. The van der Waals surface area contributed by atoms with Gasteiger partial charge >= 0.3 is 0 Å². The third-order valence-electron chi connectivity index (χ3n) is 2.69. The Morgan fingerprint density at radius 1 is 1.67 bits per heavy atom. The highest BCUT2D eigenvalue weighted by Gasteiger charge is 2.30. The summed E-state index contributed by atoms with van der Waals surface area (Å²) in [4.78, 5) is 13.7. The van der Waals surface area contributed by atoms with Crippen LogP contribution < -0.4 is 5.32 Å². The van der Waals surface area contributed by atoms with Crippen molar-refractivity contribution in [2.45, 2.75) is 38.6 Å². The minimum atomic E-state index is 0.0517. The Bertz CT molecular complexity index is 244. The summed E-state index contributed by atoms with van der Waals surface area (Å²) in [6.07, 6.45) is 8.86. The van der Waals surface area contributed by atoms with Gasteiger partial charge in [-0.05, 0) is 25.8 Å². The van der Waals surface area contributed by atoms with Gasteiger partial charge in [0.15, 0.2) is 0 Å². The van der Waals surface area contributed by atoms with Crippen LogP contribution in [0.4, 0.5) is 0 Å². The van der Waals surface area contributed by atoms with Gasteiger partial charge in [0.1, 0.15) is 0 Å². The summed E-state index contributed by atoms with van der Waals surface area (Å²) in [6, 6.07) is 0.0517. The maximum atomic E-state index is 11.8. The smallest absolute Gasteiger partial charge is 0.239 e. The number of carbonyl (C=O) groups is 1. The van der Waals surface area contributed by atoms with Crippen LogP contribution in [0.2, 0.25) is 0 Å². The molecule has 1 heterocycles. The predicted octanol–water partition coefficient (Wildman–Crippen LogP) is 1.00. The molecule has 1 rings (SSSR count). The van der Waals surface area contributed by atoms with E-state index in [2.05, 4.69) is 18.2 Å². The van der Waals surface area contributed by atoms with Crippen molar-refractivity contribution in [1.82, 2.24) is 10.2 Å². The van der Waals surface area contributed by atoms with E-state index in [4.69, 9.17) is 6.42 Å². The number of nitrogens with zero attached hydrogens (tertiary/aromatic N) is 1. The Hall–Kier alpha value is -1.01. The van der Waals surface area contributed by atoms with E-state index in [1.165, 1.54) is 0 Å². The third kappa shape index (κ3) is 3.56. The first-order chi connectivity index (χ1) is 7.29. The van der Waals surface area contributed by atoms with Crippen LogP contribution in [0.3, 0.4) is 0 Å². The molecule has 0 aliphatic carbocycles. The summed E-state index contributed by atoms with van der Waals surface area (Å²) < 4.78 is 0. The molecule has 0 radical (unpaired) electrons. The van der Waals surface area contributed by atoms with E-state index in [1.807, 2.05) is 4.90 Å². The summed E-state index contributed by atoms with van der Waals surface area (Å²) in [6.45, 7) is 4.73. The molecule has 0 spiro atoms. The lowest BCUT2D eigenvalue weighted by molar-refractivity contribution is -0.129. The maximum absolute atomic E-state index is 11.8. The van der Waals surface area contributed by atoms with Gasteiger partial charge < -0.3 is 10.2 Å². The van der Waals surface area contributed by atoms with Crippen molar-refractivity contribution < 1.29 is 4.79 Å². The molecule has 0 aromatic carbocycles. The molecule has 1 amide bonds. The van der Waals surface area contributed by atoms with Crippen LogP contribution in [-0.2, 0) is 4.79 Å². The second-order valence-electron chi connectivity index (χ2n) is 3.93. The Morgan fingerprint density at radius 3 is 3.13 bits per heavy atom. The molecule has 0 aromatic heterocycles. The molecule has 1 aliphatic rings. The van der Waals surface area contributed by atoms with Gasteiger partial charge in [0, 0.05) is 19.5 Å². The fourth-order valence-electron chi connectivity index (χ4n) is 1.84. The van der Waals surface area contributed by atoms with Gasteiger partial charge in [-0.15, -0.1) is 12.3 Å². The number of terminal acetylenes is 1. The number of hydrogen-bond acceptors (Lipinski definition) is 2. The fourth-order valence-corrected chi connectivity index (χ4v) is 1.84. The van der Waals surface area contributed by atoms with Gasteiger partial charge in [0.2, 0.25) is 5.91 Å². The molecule has 15 heavy (non-hydrogen) atoms. The number of nitrogens with one attached hydrogen (secondary N) is 1. The molecular weight excluding hydrogens is 188 g/mol. The van der Waals surface area contributed by atoms with Gasteiger partial charge in [-0.25, -0.2) is 0 Å². The van der Waals surface area contributed by atoms with Crippen molar-refractivity contribution in [1.29, 1.82) is 0 Å². The molecule has 1 aliphatic heterocycles. The van der Waals surface area contributed by atoms with Gasteiger partial charge in [-0.3, -0.25) is 4.79 Å². The molecule has 1 N–H and O–H groups in total. The van der Waals surface area contributed by atoms with Crippen molar-refractivity contribution in [3.63, 3.8) is 0 Å². The molecular formula is C12H20N2O. The Kier molecular flexibility index (Phi) is 5.20. The molecule has 1 atom stereocenters. The van der Waals surface area contributed by atoms with Gasteiger partial charge in [-0.2, -0.15) is 0 Å². The number of unbranched alkanes of at least 4 members (excludes halogenated alkanes) is 1. The van der Waals surface area contributed by atoms with Crippen molar-refractivity contribution in [3.05, 3.63) is 0 Å². The van der Waals surface area contributed by atoms with Crippen LogP contribution >= 0.6 is 0 Å². The molecule has 0 saturated carbocycles. The van der Waals surface area contributed by atoms with Crippen molar-refractivity contribution in [3.8, 4) is 12.3 Å². The summed E-state index contributed by atoms with van der Waals surface area (Å²) >= 11 is 0. The SMILES string of the molecule is C#CCCCN1CCC(NCCC)C1=O. The van der Waals surface area contributed by atoms with E-state index in [9.17, 15) is 4.79 Å². The maximum Gasteiger partial charge on any atom is 0.239 e. The Morgan fingerprint density at radius 2 is 2.47 bits per heavy atom. The Labute approximate surface area is 92.2 Å². The number of rotatable bonds is 6. The number of amides is 1. The molecule has 0 bridgehead atoms. The third-order valence-corrected chi connectivity index (χ3v) is 2.69. The lowest BCUT2D eigenvalue weighted by Gasteiger charge is -2.16. The quantitative estimate of drug-likeness (QED) is 0.522. The minimum Gasteiger partial charge on any atom is -0.341 e. The fraction of sp³-hybridized carbons (Fsp3) is 0.750. The van der Waals surface area contributed by atoms with E-state index in [0.717, 1.165) is 45.3 Å². The molecule has 1 saturated heterocycles. The largest absolute Gasteiger partial charge is 0.341 e. The van der Waals surface area contributed by atoms with Crippen molar-refractivity contribution >= 4 is 5.91 Å². The van der Waals surface area contributed by atoms with Crippen molar-refractivity contribution in [2.24, 2.45) is 0 Å². The zero-order valence-corrected chi connectivity index (χ0v) is 9.46. The summed E-state index contributed by atoms with van der Waals surface area (Å²) in [5, 5.41) is 3.27. The molecule has 0 aromatic rings. The molecule has 84 valence electrons. The van der Waals surface area contributed by atoms with E-state index in [0.29, 0.717) is 0 Å². The van der Waals surface area contributed by atoms with Gasteiger partial charge in [0.05, 0.1) is 6.04 Å². The topological polar surface area (TPSA) is 32.3 Å². The van der Waals surface area contributed by atoms with Crippen LogP contribution in [0.25, 0.3) is 0 Å². The van der Waals surface area contributed by atoms with Crippen LogP contribution in [0.15, 0.2) is 0 Å². The van der Waals surface area contributed by atoms with E-state index in [1.54, 1.807) is 0 Å². The van der Waals surface area contributed by atoms with Crippen molar-refractivity contribution in [2.75, 3.05) is 19.6 Å². The first-order valence-corrected chi connectivity index (χ1v) is 5.75. The number of hydrogen-bond donors (Lipinski definition) is 1.